The third kappa shape index (κ3) is 3.46. The Hall–Kier alpha value is -2.33. The number of nitrogens with two attached hydrogens (primary N) is 1. The van der Waals surface area contributed by atoms with Crippen molar-refractivity contribution in [2.75, 3.05) is 0 Å². The summed E-state index contributed by atoms with van der Waals surface area (Å²) in [7, 11) is 0. The molecule has 0 unspecified atom stereocenters. The molecule has 2 aromatic carbocycles. The lowest BCUT2D eigenvalue weighted by atomic mass is 10.0. The summed E-state index contributed by atoms with van der Waals surface area (Å²) >= 11 is 6.34. The number of hydrogen-bond donors (Lipinski definition) is 1. The molecule has 0 spiro atoms. The smallest absolute Gasteiger partial charge is 0.132 e. The molecule has 4 nitrogen and oxygen atoms in total. The largest absolute Gasteiger partial charge is 0.457 e. The molecule has 0 radical (unpaired) electrons. The van der Waals surface area contributed by atoms with Crippen molar-refractivity contribution in [1.29, 1.82) is 0 Å². The number of benzene rings is 2. The van der Waals surface area contributed by atoms with Crippen LogP contribution in [0.3, 0.4) is 0 Å². The molecule has 0 saturated heterocycles. The van der Waals surface area contributed by atoms with Gasteiger partial charge in [-0.05, 0) is 37.1 Å². The Morgan fingerprint density at radius 1 is 1.00 bits per heavy atom. The van der Waals surface area contributed by atoms with Gasteiger partial charge < -0.3 is 10.5 Å². The van der Waals surface area contributed by atoms with Crippen LogP contribution in [0.1, 0.15) is 18.4 Å². The molecule has 3 rings (SSSR count). The first kappa shape index (κ1) is 14.6. The van der Waals surface area contributed by atoms with Crippen LogP contribution in [0.5, 0.6) is 11.5 Å². The lowest BCUT2D eigenvalue weighted by Crippen LogP contribution is -2.12. The van der Waals surface area contributed by atoms with Crippen molar-refractivity contribution in [3.63, 3.8) is 0 Å². The van der Waals surface area contributed by atoms with E-state index < -0.39 is 0 Å². The van der Waals surface area contributed by atoms with E-state index in [4.69, 9.17) is 22.1 Å². The fourth-order valence-corrected chi connectivity index (χ4v) is 2.58. The zero-order valence-corrected chi connectivity index (χ0v) is 12.8. The maximum Gasteiger partial charge on any atom is 0.132 e. The van der Waals surface area contributed by atoms with Gasteiger partial charge in [-0.1, -0.05) is 35.9 Å². The Morgan fingerprint density at radius 2 is 1.82 bits per heavy atom. The van der Waals surface area contributed by atoms with Crippen LogP contribution >= 0.6 is 11.6 Å². The van der Waals surface area contributed by atoms with Gasteiger partial charge >= 0.3 is 0 Å². The number of ether oxygens (including phenoxy) is 1. The normalized spacial score (nSPS) is 13.7. The van der Waals surface area contributed by atoms with E-state index in [0.29, 0.717) is 17.3 Å². The Bertz CT molecular complexity index is 726. The summed E-state index contributed by atoms with van der Waals surface area (Å²) in [5.74, 6) is 2.12. The molecule has 1 heterocycles. The van der Waals surface area contributed by atoms with E-state index in [0.717, 1.165) is 35.6 Å². The van der Waals surface area contributed by atoms with Crippen LogP contribution in [0, 0.1) is 0 Å². The highest BCUT2D eigenvalue weighted by molar-refractivity contribution is 6.31. The highest BCUT2D eigenvalue weighted by Gasteiger charge is 2.14. The summed E-state index contributed by atoms with van der Waals surface area (Å²) in [5.41, 5.74) is 7.59. The molecule has 0 bridgehead atoms. The van der Waals surface area contributed by atoms with E-state index in [-0.39, 0.29) is 0 Å². The molecule has 0 atom stereocenters. The van der Waals surface area contributed by atoms with E-state index in [2.05, 4.69) is 10.2 Å². The van der Waals surface area contributed by atoms with Crippen molar-refractivity contribution in [3.05, 3.63) is 59.1 Å². The number of hydrogen-bond acceptors (Lipinski definition) is 4. The van der Waals surface area contributed by atoms with E-state index in [1.807, 2.05) is 48.5 Å². The van der Waals surface area contributed by atoms with Crippen LogP contribution in [-0.2, 0) is 6.42 Å². The number of nitrogens with zero attached hydrogens (tertiary/aromatic N) is 2. The molecule has 1 aliphatic rings. The molecule has 2 aromatic rings. The topological polar surface area (TPSA) is 60.0 Å². The van der Waals surface area contributed by atoms with E-state index >= 15 is 0 Å². The van der Waals surface area contributed by atoms with Crippen molar-refractivity contribution in [1.82, 2.24) is 0 Å². The van der Waals surface area contributed by atoms with Crippen LogP contribution in [0.2, 0.25) is 5.02 Å². The van der Waals surface area contributed by atoms with Gasteiger partial charge in [0.15, 0.2) is 0 Å². The molecule has 0 saturated carbocycles. The highest BCUT2D eigenvalue weighted by Crippen LogP contribution is 2.31. The van der Waals surface area contributed by atoms with Crippen LogP contribution < -0.4 is 10.5 Å². The number of amidine groups is 1. The summed E-state index contributed by atoms with van der Waals surface area (Å²) in [6.07, 6.45) is 2.14. The second-order valence-electron chi connectivity index (χ2n) is 5.07. The molecule has 22 heavy (non-hydrogen) atoms. The minimum absolute atomic E-state index is 0.565. The summed E-state index contributed by atoms with van der Waals surface area (Å²) in [6, 6.07) is 15.3. The molecular formula is C17H16ClN3O. The van der Waals surface area contributed by atoms with Gasteiger partial charge in [-0.3, -0.25) is 0 Å². The quantitative estimate of drug-likeness (QED) is 0.900. The van der Waals surface area contributed by atoms with Crippen LogP contribution in [0.25, 0.3) is 0 Å². The number of halogens is 1. The lowest BCUT2D eigenvalue weighted by molar-refractivity contribution is 0.476. The molecular weight excluding hydrogens is 298 g/mol. The number of rotatable bonds is 5. The molecule has 0 aromatic heterocycles. The van der Waals surface area contributed by atoms with Gasteiger partial charge in [0, 0.05) is 22.7 Å². The fourth-order valence-electron chi connectivity index (χ4n) is 2.32. The zero-order valence-electron chi connectivity index (χ0n) is 12.0. The van der Waals surface area contributed by atoms with Crippen LogP contribution in [-0.4, -0.2) is 11.5 Å². The molecule has 1 aliphatic heterocycles. The standard InChI is InChI=1S/C17H16ClN3O/c18-15-7-4-8-16(22-13-5-2-1-3-6-13)14(15)10-9-12-11-17(19)21-20-12/h1-8H,9-11H2,(H2,19,21). The van der Waals surface area contributed by atoms with Gasteiger partial charge in [0.2, 0.25) is 0 Å². The molecule has 2 N–H and O–H groups in total. The van der Waals surface area contributed by atoms with Crippen molar-refractivity contribution in [2.45, 2.75) is 19.3 Å². The van der Waals surface area contributed by atoms with Gasteiger partial charge in [-0.2, -0.15) is 5.10 Å². The van der Waals surface area contributed by atoms with Crippen LogP contribution in [0.4, 0.5) is 0 Å². The average molecular weight is 314 g/mol. The summed E-state index contributed by atoms with van der Waals surface area (Å²) in [4.78, 5) is 0. The average Bonchev–Trinajstić information content (AvgIpc) is 2.93. The SMILES string of the molecule is NC1=NN=C(CCc2c(Cl)cccc2Oc2ccccc2)C1. The Balaban J connectivity index is 1.75. The maximum atomic E-state index is 6.34. The van der Waals surface area contributed by atoms with Crippen molar-refractivity contribution >= 4 is 23.1 Å². The van der Waals surface area contributed by atoms with Gasteiger partial charge in [0.25, 0.3) is 0 Å². The minimum Gasteiger partial charge on any atom is -0.457 e. The molecule has 112 valence electrons. The molecule has 0 amide bonds. The second-order valence-corrected chi connectivity index (χ2v) is 5.47. The summed E-state index contributed by atoms with van der Waals surface area (Å²) in [6.45, 7) is 0. The minimum atomic E-state index is 0.565. The fraction of sp³-hybridized carbons (Fsp3) is 0.176. The van der Waals surface area contributed by atoms with E-state index in [1.165, 1.54) is 0 Å². The third-order valence-electron chi connectivity index (χ3n) is 3.42. The first-order chi connectivity index (χ1) is 10.7. The first-order valence-corrected chi connectivity index (χ1v) is 7.48. The van der Waals surface area contributed by atoms with Gasteiger partial charge in [-0.25, -0.2) is 0 Å². The predicted molar refractivity (Wildman–Crippen MR) is 90.0 cm³/mol. The summed E-state index contributed by atoms with van der Waals surface area (Å²) < 4.78 is 5.95. The highest BCUT2D eigenvalue weighted by atomic mass is 35.5. The second kappa shape index (κ2) is 6.62. The molecule has 0 fully saturated rings. The Kier molecular flexibility index (Phi) is 4.39. The van der Waals surface area contributed by atoms with Gasteiger partial charge in [-0.15, -0.1) is 5.10 Å². The molecule has 0 aliphatic carbocycles. The number of para-hydroxylation sites is 1. The van der Waals surface area contributed by atoms with E-state index in [1.54, 1.807) is 0 Å². The zero-order chi connectivity index (χ0) is 15.4. The molecule has 5 heteroatoms. The van der Waals surface area contributed by atoms with Crippen molar-refractivity contribution in [3.8, 4) is 11.5 Å². The van der Waals surface area contributed by atoms with Crippen molar-refractivity contribution in [2.24, 2.45) is 15.9 Å². The van der Waals surface area contributed by atoms with Crippen LogP contribution in [0.15, 0.2) is 58.7 Å². The summed E-state index contributed by atoms with van der Waals surface area (Å²) in [5, 5.41) is 8.63. The van der Waals surface area contributed by atoms with E-state index in [9.17, 15) is 0 Å². The maximum absolute atomic E-state index is 6.34. The third-order valence-corrected chi connectivity index (χ3v) is 3.77. The van der Waals surface area contributed by atoms with Crippen molar-refractivity contribution < 1.29 is 4.74 Å². The Morgan fingerprint density at radius 3 is 2.55 bits per heavy atom. The van der Waals surface area contributed by atoms with Gasteiger partial charge in [0.05, 0.1) is 0 Å². The monoisotopic (exact) mass is 313 g/mol. The Labute approximate surface area is 134 Å². The lowest BCUT2D eigenvalue weighted by Gasteiger charge is -2.12. The van der Waals surface area contributed by atoms with Gasteiger partial charge in [0.1, 0.15) is 17.3 Å². The first-order valence-electron chi connectivity index (χ1n) is 7.10. The predicted octanol–water partition coefficient (Wildman–Crippen LogP) is 4.18.